The van der Waals surface area contributed by atoms with Gasteiger partial charge in [0.1, 0.15) is 0 Å². The van der Waals surface area contributed by atoms with Crippen molar-refractivity contribution in [3.63, 3.8) is 0 Å². The second-order valence-electron chi connectivity index (χ2n) is 5.09. The van der Waals surface area contributed by atoms with Gasteiger partial charge in [-0.3, -0.25) is 0 Å². The molecule has 1 nitrogen and oxygen atoms in total. The van der Waals surface area contributed by atoms with Gasteiger partial charge in [0.25, 0.3) is 0 Å². The predicted octanol–water partition coefficient (Wildman–Crippen LogP) is 4.15. The van der Waals surface area contributed by atoms with E-state index in [0.29, 0.717) is 17.9 Å². The van der Waals surface area contributed by atoms with E-state index in [0.717, 1.165) is 18.0 Å². The Balaban J connectivity index is 2.73. The summed E-state index contributed by atoms with van der Waals surface area (Å²) in [6, 6.07) is 8.75. The van der Waals surface area contributed by atoms with Crippen LogP contribution in [0.3, 0.4) is 0 Å². The Morgan fingerprint density at radius 3 is 2.47 bits per heavy atom. The third kappa shape index (κ3) is 4.69. The summed E-state index contributed by atoms with van der Waals surface area (Å²) in [4.78, 5) is 0. The lowest BCUT2D eigenvalue weighted by atomic mass is 9.84. The van der Waals surface area contributed by atoms with Crippen LogP contribution in [0.5, 0.6) is 0 Å². The molecule has 1 N–H and O–H groups in total. The van der Waals surface area contributed by atoms with E-state index in [2.05, 4.69) is 45.1 Å². The van der Waals surface area contributed by atoms with E-state index in [4.69, 9.17) is 11.6 Å². The van der Waals surface area contributed by atoms with Crippen molar-refractivity contribution in [2.45, 2.75) is 40.2 Å². The molecule has 1 aromatic carbocycles. The van der Waals surface area contributed by atoms with E-state index >= 15 is 0 Å². The van der Waals surface area contributed by atoms with Crippen LogP contribution in [0.15, 0.2) is 24.3 Å². The molecule has 2 unspecified atom stereocenters. The van der Waals surface area contributed by atoms with Gasteiger partial charge in [0.05, 0.1) is 0 Å². The molecular formula is C15H24ClN. The summed E-state index contributed by atoms with van der Waals surface area (Å²) < 4.78 is 0. The molecule has 0 aliphatic carbocycles. The Labute approximate surface area is 111 Å². The van der Waals surface area contributed by atoms with Crippen LogP contribution in [-0.2, 0) is 6.42 Å². The summed E-state index contributed by atoms with van der Waals surface area (Å²) in [5.41, 5.74) is 1.33. The average molecular weight is 254 g/mol. The van der Waals surface area contributed by atoms with Gasteiger partial charge in [0.2, 0.25) is 0 Å². The maximum Gasteiger partial charge on any atom is 0.0408 e. The number of hydrogen-bond donors (Lipinski definition) is 1. The zero-order valence-corrected chi connectivity index (χ0v) is 12.1. The lowest BCUT2D eigenvalue weighted by Gasteiger charge is -2.28. The zero-order chi connectivity index (χ0) is 12.8. The molecule has 0 radical (unpaired) electrons. The van der Waals surface area contributed by atoms with Crippen LogP contribution in [-0.4, -0.2) is 12.6 Å². The molecule has 1 aromatic rings. The van der Waals surface area contributed by atoms with E-state index in [1.54, 1.807) is 0 Å². The molecule has 0 fully saturated rings. The highest BCUT2D eigenvalue weighted by atomic mass is 35.5. The molecule has 17 heavy (non-hydrogen) atoms. The second-order valence-corrected chi connectivity index (χ2v) is 5.52. The largest absolute Gasteiger partial charge is 0.314 e. The number of halogens is 1. The van der Waals surface area contributed by atoms with Crippen LogP contribution in [0.25, 0.3) is 0 Å². The van der Waals surface area contributed by atoms with E-state index < -0.39 is 0 Å². The van der Waals surface area contributed by atoms with Crippen LogP contribution < -0.4 is 5.32 Å². The van der Waals surface area contributed by atoms with Crippen molar-refractivity contribution >= 4 is 11.6 Å². The molecule has 0 saturated carbocycles. The number of benzene rings is 1. The Morgan fingerprint density at radius 2 is 1.94 bits per heavy atom. The second kappa shape index (κ2) is 7.03. The smallest absolute Gasteiger partial charge is 0.0408 e. The fourth-order valence-electron chi connectivity index (χ4n) is 2.40. The van der Waals surface area contributed by atoms with Crippen LogP contribution in [0.2, 0.25) is 5.02 Å². The monoisotopic (exact) mass is 253 g/mol. The molecule has 1 rings (SSSR count). The zero-order valence-electron chi connectivity index (χ0n) is 11.3. The van der Waals surface area contributed by atoms with Gasteiger partial charge in [0.15, 0.2) is 0 Å². The normalized spacial score (nSPS) is 14.9. The van der Waals surface area contributed by atoms with E-state index in [1.165, 1.54) is 5.56 Å². The highest BCUT2D eigenvalue weighted by molar-refractivity contribution is 6.30. The van der Waals surface area contributed by atoms with E-state index in [9.17, 15) is 0 Å². The van der Waals surface area contributed by atoms with Crippen LogP contribution in [0.1, 0.15) is 33.3 Å². The number of hydrogen-bond acceptors (Lipinski definition) is 1. The van der Waals surface area contributed by atoms with Crippen LogP contribution in [0.4, 0.5) is 0 Å². The first kappa shape index (κ1) is 14.5. The maximum absolute atomic E-state index is 6.03. The van der Waals surface area contributed by atoms with Gasteiger partial charge in [-0.1, -0.05) is 44.5 Å². The molecule has 0 aromatic heterocycles. The summed E-state index contributed by atoms with van der Waals surface area (Å²) in [7, 11) is 0. The Hall–Kier alpha value is -0.530. The first-order chi connectivity index (χ1) is 8.04. The molecule has 0 bridgehead atoms. The summed E-state index contributed by atoms with van der Waals surface area (Å²) in [5.74, 6) is 1.32. The minimum Gasteiger partial charge on any atom is -0.314 e. The third-order valence-electron chi connectivity index (χ3n) is 3.39. The first-order valence-corrected chi connectivity index (χ1v) is 6.90. The SMILES string of the molecule is CCNC(C)C(Cc1cccc(Cl)c1)C(C)C. The van der Waals surface area contributed by atoms with Gasteiger partial charge < -0.3 is 5.32 Å². The van der Waals surface area contributed by atoms with Crippen LogP contribution in [0, 0.1) is 11.8 Å². The highest BCUT2D eigenvalue weighted by Crippen LogP contribution is 2.22. The van der Waals surface area contributed by atoms with Gasteiger partial charge in [-0.05, 0) is 49.4 Å². The van der Waals surface area contributed by atoms with Gasteiger partial charge in [-0.15, -0.1) is 0 Å². The lowest BCUT2D eigenvalue weighted by Crippen LogP contribution is -2.37. The Morgan fingerprint density at radius 1 is 1.24 bits per heavy atom. The summed E-state index contributed by atoms with van der Waals surface area (Å²) in [6.45, 7) is 10.1. The van der Waals surface area contributed by atoms with Crippen LogP contribution >= 0.6 is 11.6 Å². The van der Waals surface area contributed by atoms with Crippen molar-refractivity contribution in [1.29, 1.82) is 0 Å². The fourth-order valence-corrected chi connectivity index (χ4v) is 2.61. The van der Waals surface area contributed by atoms with Crippen molar-refractivity contribution in [2.24, 2.45) is 11.8 Å². The minimum atomic E-state index is 0.541. The quantitative estimate of drug-likeness (QED) is 0.803. The fraction of sp³-hybridized carbons (Fsp3) is 0.600. The molecule has 96 valence electrons. The molecule has 0 saturated heterocycles. The van der Waals surface area contributed by atoms with Crippen molar-refractivity contribution < 1.29 is 0 Å². The molecule has 0 heterocycles. The number of nitrogens with one attached hydrogen (secondary N) is 1. The number of rotatable bonds is 6. The van der Waals surface area contributed by atoms with Crippen molar-refractivity contribution in [1.82, 2.24) is 5.32 Å². The highest BCUT2D eigenvalue weighted by Gasteiger charge is 2.20. The molecule has 0 spiro atoms. The molecule has 0 aliphatic rings. The first-order valence-electron chi connectivity index (χ1n) is 6.52. The summed E-state index contributed by atoms with van der Waals surface area (Å²) in [6.07, 6.45) is 1.09. The van der Waals surface area contributed by atoms with Gasteiger partial charge in [-0.2, -0.15) is 0 Å². The van der Waals surface area contributed by atoms with E-state index in [1.807, 2.05) is 12.1 Å². The van der Waals surface area contributed by atoms with E-state index in [-0.39, 0.29) is 0 Å². The maximum atomic E-state index is 6.03. The molecule has 0 amide bonds. The molecule has 0 aliphatic heterocycles. The Bertz CT molecular complexity index is 335. The van der Waals surface area contributed by atoms with Gasteiger partial charge >= 0.3 is 0 Å². The molecule has 2 heteroatoms. The summed E-state index contributed by atoms with van der Waals surface area (Å²) >= 11 is 6.03. The van der Waals surface area contributed by atoms with Crippen molar-refractivity contribution in [3.8, 4) is 0 Å². The summed E-state index contributed by atoms with van der Waals surface area (Å²) in [5, 5.41) is 4.36. The van der Waals surface area contributed by atoms with Crippen molar-refractivity contribution in [3.05, 3.63) is 34.9 Å². The topological polar surface area (TPSA) is 12.0 Å². The van der Waals surface area contributed by atoms with Gasteiger partial charge in [0, 0.05) is 11.1 Å². The third-order valence-corrected chi connectivity index (χ3v) is 3.62. The Kier molecular flexibility index (Phi) is 6.01. The lowest BCUT2D eigenvalue weighted by molar-refractivity contribution is 0.292. The molecule has 2 atom stereocenters. The van der Waals surface area contributed by atoms with Crippen molar-refractivity contribution in [2.75, 3.05) is 6.54 Å². The predicted molar refractivity (Wildman–Crippen MR) is 76.6 cm³/mol. The minimum absolute atomic E-state index is 0.541. The average Bonchev–Trinajstić information content (AvgIpc) is 2.26. The van der Waals surface area contributed by atoms with Gasteiger partial charge in [-0.25, -0.2) is 0 Å². The standard InChI is InChI=1S/C15H24ClN/c1-5-17-12(4)15(11(2)3)10-13-7-6-8-14(16)9-13/h6-9,11-12,15,17H,5,10H2,1-4H3. The molecular weight excluding hydrogens is 230 g/mol.